The topological polar surface area (TPSA) is 38.3 Å². The lowest BCUT2D eigenvalue weighted by Crippen LogP contribution is -2.22. The molecule has 0 aliphatic heterocycles. The molecule has 0 heterocycles. The number of anilines is 1. The molecule has 2 aromatic carbocycles. The molecule has 0 aliphatic carbocycles. The molecule has 0 radical (unpaired) electrons. The molecule has 1 amide bonds. The smallest absolute Gasteiger partial charge is 0.237 e. The zero-order valence-electron chi connectivity index (χ0n) is 12.5. The highest BCUT2D eigenvalue weighted by Crippen LogP contribution is 2.24. The van der Waals surface area contributed by atoms with Gasteiger partial charge in [0.25, 0.3) is 0 Å². The highest BCUT2D eigenvalue weighted by Gasteiger charge is 2.14. The van der Waals surface area contributed by atoms with Gasteiger partial charge in [-0.15, -0.1) is 11.8 Å². The third-order valence-electron chi connectivity index (χ3n) is 3.17. The Morgan fingerprint density at radius 1 is 1.23 bits per heavy atom. The Morgan fingerprint density at radius 2 is 1.91 bits per heavy atom. The van der Waals surface area contributed by atoms with E-state index in [1.807, 2.05) is 49.4 Å². The summed E-state index contributed by atoms with van der Waals surface area (Å²) in [7, 11) is 1.62. The number of nitrogens with one attached hydrogen (secondary N) is 1. The molecule has 0 spiro atoms. The summed E-state index contributed by atoms with van der Waals surface area (Å²) in [5.41, 5.74) is 1.97. The Balaban J connectivity index is 1.87. The van der Waals surface area contributed by atoms with Gasteiger partial charge < -0.3 is 10.1 Å². The van der Waals surface area contributed by atoms with Crippen LogP contribution in [0.2, 0.25) is 0 Å². The van der Waals surface area contributed by atoms with Crippen molar-refractivity contribution in [2.75, 3.05) is 12.4 Å². The molecular formula is C17H18BrNO2S. The Kier molecular flexibility index (Phi) is 6.34. The summed E-state index contributed by atoms with van der Waals surface area (Å²) in [6.45, 7) is 1.92. The van der Waals surface area contributed by atoms with Gasteiger partial charge in [0, 0.05) is 15.9 Å². The van der Waals surface area contributed by atoms with Crippen LogP contribution >= 0.6 is 27.7 Å². The fourth-order valence-electron chi connectivity index (χ4n) is 1.82. The van der Waals surface area contributed by atoms with E-state index in [9.17, 15) is 4.79 Å². The lowest BCUT2D eigenvalue weighted by molar-refractivity contribution is -0.115. The van der Waals surface area contributed by atoms with E-state index in [4.69, 9.17) is 4.74 Å². The van der Waals surface area contributed by atoms with Crippen molar-refractivity contribution in [3.05, 3.63) is 58.6 Å². The number of hydrogen-bond acceptors (Lipinski definition) is 3. The van der Waals surface area contributed by atoms with Gasteiger partial charge in [-0.25, -0.2) is 0 Å². The third kappa shape index (κ3) is 4.78. The van der Waals surface area contributed by atoms with Crippen molar-refractivity contribution < 1.29 is 9.53 Å². The minimum absolute atomic E-state index is 0.00206. The first-order valence-corrected chi connectivity index (χ1v) is 8.74. The Hall–Kier alpha value is -1.46. The van der Waals surface area contributed by atoms with E-state index >= 15 is 0 Å². The molecular weight excluding hydrogens is 362 g/mol. The fraction of sp³-hybridized carbons (Fsp3) is 0.235. The van der Waals surface area contributed by atoms with Gasteiger partial charge in [-0.3, -0.25) is 4.79 Å². The lowest BCUT2D eigenvalue weighted by atomic mass is 10.2. The molecule has 1 atom stereocenters. The summed E-state index contributed by atoms with van der Waals surface area (Å²) in [5.74, 6) is 1.56. The van der Waals surface area contributed by atoms with Crippen LogP contribution in [0.4, 0.5) is 5.69 Å². The van der Waals surface area contributed by atoms with Crippen molar-refractivity contribution >= 4 is 39.3 Å². The monoisotopic (exact) mass is 379 g/mol. The standard InChI is InChI=1S/C17H18BrNO2S/c1-12(22-11-13-5-3-4-6-16(13)18)17(20)19-14-7-9-15(21-2)10-8-14/h3-10,12H,11H2,1-2H3,(H,19,20)/t12-/m0/s1. The SMILES string of the molecule is COc1ccc(NC(=O)[C@H](C)SCc2ccccc2Br)cc1. The molecule has 2 aromatic rings. The maximum absolute atomic E-state index is 12.2. The largest absolute Gasteiger partial charge is 0.497 e. The zero-order valence-corrected chi connectivity index (χ0v) is 14.9. The van der Waals surface area contributed by atoms with E-state index in [1.165, 1.54) is 5.56 Å². The normalized spacial score (nSPS) is 11.8. The van der Waals surface area contributed by atoms with Gasteiger partial charge in [-0.2, -0.15) is 0 Å². The first-order chi connectivity index (χ1) is 10.6. The van der Waals surface area contributed by atoms with Gasteiger partial charge in [0.2, 0.25) is 5.91 Å². The van der Waals surface area contributed by atoms with Crippen molar-refractivity contribution in [3.63, 3.8) is 0 Å². The summed E-state index contributed by atoms with van der Waals surface area (Å²) in [4.78, 5) is 12.2. The van der Waals surface area contributed by atoms with E-state index in [0.29, 0.717) is 0 Å². The summed E-state index contributed by atoms with van der Waals surface area (Å²) < 4.78 is 6.17. The van der Waals surface area contributed by atoms with Gasteiger partial charge >= 0.3 is 0 Å². The third-order valence-corrected chi connectivity index (χ3v) is 5.14. The number of rotatable bonds is 6. The number of methoxy groups -OCH3 is 1. The molecule has 0 aromatic heterocycles. The predicted molar refractivity (Wildman–Crippen MR) is 96.5 cm³/mol. The minimum atomic E-state index is -0.130. The second-order valence-corrected chi connectivity index (χ2v) is 6.95. The van der Waals surface area contributed by atoms with E-state index in [2.05, 4.69) is 27.3 Å². The summed E-state index contributed by atoms with van der Waals surface area (Å²) >= 11 is 5.14. The number of hydrogen-bond donors (Lipinski definition) is 1. The highest BCUT2D eigenvalue weighted by molar-refractivity contribution is 9.10. The number of carbonyl (C=O) groups excluding carboxylic acids is 1. The van der Waals surface area contributed by atoms with Crippen molar-refractivity contribution in [2.45, 2.75) is 17.9 Å². The Bertz CT molecular complexity index is 631. The molecule has 0 unspecified atom stereocenters. The Morgan fingerprint density at radius 3 is 2.55 bits per heavy atom. The van der Waals surface area contributed by atoms with Crippen LogP contribution in [-0.2, 0) is 10.5 Å². The number of thioether (sulfide) groups is 1. The second-order valence-electron chi connectivity index (χ2n) is 4.76. The second kappa shape index (κ2) is 8.25. The molecule has 0 saturated carbocycles. The molecule has 116 valence electrons. The number of ether oxygens (including phenoxy) is 1. The average molecular weight is 380 g/mol. The number of halogens is 1. The van der Waals surface area contributed by atoms with E-state index in [0.717, 1.165) is 21.7 Å². The van der Waals surface area contributed by atoms with Gasteiger partial charge in [-0.05, 0) is 42.8 Å². The summed E-state index contributed by atoms with van der Waals surface area (Å²) in [5, 5.41) is 2.79. The highest BCUT2D eigenvalue weighted by atomic mass is 79.9. The van der Waals surface area contributed by atoms with Crippen LogP contribution < -0.4 is 10.1 Å². The first kappa shape index (κ1) is 16.9. The lowest BCUT2D eigenvalue weighted by Gasteiger charge is -2.13. The van der Waals surface area contributed by atoms with E-state index < -0.39 is 0 Å². The summed E-state index contributed by atoms with van der Waals surface area (Å²) in [6, 6.07) is 15.4. The van der Waals surface area contributed by atoms with Gasteiger partial charge in [-0.1, -0.05) is 34.1 Å². The minimum Gasteiger partial charge on any atom is -0.497 e. The van der Waals surface area contributed by atoms with Crippen LogP contribution in [0, 0.1) is 0 Å². The predicted octanol–water partition coefficient (Wildman–Crippen LogP) is 4.72. The van der Waals surface area contributed by atoms with Crippen molar-refractivity contribution in [3.8, 4) is 5.75 Å². The Labute approximate surface area is 143 Å². The maximum atomic E-state index is 12.2. The van der Waals surface area contributed by atoms with Crippen LogP contribution in [0.1, 0.15) is 12.5 Å². The van der Waals surface area contributed by atoms with Crippen LogP contribution in [0.15, 0.2) is 53.0 Å². The molecule has 2 rings (SSSR count). The van der Waals surface area contributed by atoms with Crippen LogP contribution in [0.5, 0.6) is 5.75 Å². The quantitative estimate of drug-likeness (QED) is 0.788. The van der Waals surface area contributed by atoms with Crippen molar-refractivity contribution in [2.24, 2.45) is 0 Å². The maximum Gasteiger partial charge on any atom is 0.237 e. The molecule has 0 aliphatic rings. The van der Waals surface area contributed by atoms with Crippen molar-refractivity contribution in [1.29, 1.82) is 0 Å². The van der Waals surface area contributed by atoms with Gasteiger partial charge in [0.05, 0.1) is 12.4 Å². The average Bonchev–Trinajstić information content (AvgIpc) is 2.54. The molecule has 0 saturated heterocycles. The molecule has 22 heavy (non-hydrogen) atoms. The van der Waals surface area contributed by atoms with Crippen LogP contribution in [-0.4, -0.2) is 18.3 Å². The molecule has 5 heteroatoms. The zero-order chi connectivity index (χ0) is 15.9. The van der Waals surface area contributed by atoms with Crippen LogP contribution in [0.25, 0.3) is 0 Å². The van der Waals surface area contributed by atoms with E-state index in [-0.39, 0.29) is 11.2 Å². The van der Waals surface area contributed by atoms with E-state index in [1.54, 1.807) is 18.9 Å². The van der Waals surface area contributed by atoms with Crippen molar-refractivity contribution in [1.82, 2.24) is 0 Å². The number of amides is 1. The van der Waals surface area contributed by atoms with Crippen LogP contribution in [0.3, 0.4) is 0 Å². The fourth-order valence-corrected chi connectivity index (χ4v) is 3.33. The van der Waals surface area contributed by atoms with Gasteiger partial charge in [0.15, 0.2) is 0 Å². The molecule has 3 nitrogen and oxygen atoms in total. The molecule has 0 fully saturated rings. The molecule has 1 N–H and O–H groups in total. The molecule has 0 bridgehead atoms. The number of carbonyl (C=O) groups is 1. The first-order valence-electron chi connectivity index (χ1n) is 6.90. The summed E-state index contributed by atoms with van der Waals surface area (Å²) in [6.07, 6.45) is 0. The van der Waals surface area contributed by atoms with Gasteiger partial charge in [0.1, 0.15) is 5.75 Å². The number of benzene rings is 2.